The maximum atomic E-state index is 13.0. The smallest absolute Gasteiger partial charge is 0.342 e. The predicted molar refractivity (Wildman–Crippen MR) is 91.8 cm³/mol. The van der Waals surface area contributed by atoms with Crippen molar-refractivity contribution in [3.8, 4) is 11.5 Å². The minimum atomic E-state index is -0.992. The summed E-state index contributed by atoms with van der Waals surface area (Å²) < 4.78 is 9.30. The van der Waals surface area contributed by atoms with Crippen LogP contribution in [-0.4, -0.2) is 42.2 Å². The van der Waals surface area contributed by atoms with Gasteiger partial charge in [0.2, 0.25) is 0 Å². The molecule has 26 heavy (non-hydrogen) atoms. The Bertz CT molecular complexity index is 913. The third-order valence-electron chi connectivity index (χ3n) is 3.91. The molecule has 0 spiro atoms. The van der Waals surface area contributed by atoms with Crippen LogP contribution in [0.25, 0.3) is 0 Å². The number of hydrogen-bond acceptors (Lipinski definition) is 7. The zero-order chi connectivity index (χ0) is 19.6. The molecule has 2 aromatic rings. The molecule has 0 fully saturated rings. The lowest BCUT2D eigenvalue weighted by Crippen LogP contribution is -2.19. The largest absolute Gasteiger partial charge is 0.507 e. The van der Waals surface area contributed by atoms with Gasteiger partial charge in [0, 0.05) is 5.56 Å². The lowest BCUT2D eigenvalue weighted by molar-refractivity contribution is 0.0550. The molecule has 0 unspecified atom stereocenters. The van der Waals surface area contributed by atoms with E-state index in [2.05, 4.69) is 9.47 Å². The van der Waals surface area contributed by atoms with E-state index in [0.717, 1.165) is 19.8 Å². The molecule has 0 aliphatic carbocycles. The van der Waals surface area contributed by atoms with Gasteiger partial charge in [0.25, 0.3) is 0 Å². The van der Waals surface area contributed by atoms with Crippen LogP contribution >= 0.6 is 0 Å². The quantitative estimate of drug-likeness (QED) is 0.638. The number of aromatic hydroxyl groups is 2. The Balaban J connectivity index is 2.85. The van der Waals surface area contributed by atoms with Crippen molar-refractivity contribution in [1.29, 1.82) is 0 Å². The van der Waals surface area contributed by atoms with E-state index < -0.39 is 34.6 Å². The number of methoxy groups -OCH3 is 2. The second-order valence-electron chi connectivity index (χ2n) is 5.67. The Morgan fingerprint density at radius 1 is 0.846 bits per heavy atom. The summed E-state index contributed by atoms with van der Waals surface area (Å²) in [5, 5.41) is 20.3. The van der Waals surface area contributed by atoms with Crippen LogP contribution in [0.4, 0.5) is 0 Å². The molecule has 0 bridgehead atoms. The van der Waals surface area contributed by atoms with E-state index in [1.54, 1.807) is 13.0 Å². The summed E-state index contributed by atoms with van der Waals surface area (Å²) in [5.74, 6) is -3.44. The number of rotatable bonds is 4. The van der Waals surface area contributed by atoms with Gasteiger partial charge < -0.3 is 19.7 Å². The highest BCUT2D eigenvalue weighted by molar-refractivity contribution is 6.19. The van der Waals surface area contributed by atoms with E-state index in [0.29, 0.717) is 0 Å². The standard InChI is InChI=1S/C19H18O7/c1-9-5-6-13(20)11(7-9)17(22)12-8-10(2)16(21)15(19(24)26-4)14(12)18(23)25-3/h5-8,20-21H,1-4H3. The fraction of sp³-hybridized carbons (Fsp3) is 0.211. The van der Waals surface area contributed by atoms with Crippen LogP contribution in [0.1, 0.15) is 47.8 Å². The fourth-order valence-corrected chi connectivity index (χ4v) is 2.58. The molecule has 0 saturated heterocycles. The van der Waals surface area contributed by atoms with Crippen LogP contribution in [-0.2, 0) is 9.47 Å². The molecule has 0 amide bonds. The number of phenolic OH excluding ortho intramolecular Hbond substituents is 2. The molecule has 0 saturated carbocycles. The summed E-state index contributed by atoms with van der Waals surface area (Å²) in [6.07, 6.45) is 0. The Kier molecular flexibility index (Phi) is 5.30. The van der Waals surface area contributed by atoms with E-state index in [-0.39, 0.29) is 22.4 Å². The van der Waals surface area contributed by atoms with Crippen LogP contribution in [0.15, 0.2) is 24.3 Å². The topological polar surface area (TPSA) is 110 Å². The van der Waals surface area contributed by atoms with Crippen molar-refractivity contribution in [3.05, 3.63) is 57.6 Å². The molecule has 0 atom stereocenters. The van der Waals surface area contributed by atoms with Gasteiger partial charge >= 0.3 is 11.9 Å². The van der Waals surface area contributed by atoms with Gasteiger partial charge in [-0.05, 0) is 37.6 Å². The highest BCUT2D eigenvalue weighted by Gasteiger charge is 2.31. The van der Waals surface area contributed by atoms with Crippen LogP contribution in [0.3, 0.4) is 0 Å². The SMILES string of the molecule is COC(=O)c1c(C(=O)c2cc(C)ccc2O)cc(C)c(O)c1C(=O)OC. The number of carbonyl (C=O) groups excluding carboxylic acids is 3. The van der Waals surface area contributed by atoms with E-state index in [4.69, 9.17) is 0 Å². The van der Waals surface area contributed by atoms with E-state index >= 15 is 0 Å². The van der Waals surface area contributed by atoms with Crippen LogP contribution < -0.4 is 0 Å². The van der Waals surface area contributed by atoms with Gasteiger partial charge in [0.15, 0.2) is 5.78 Å². The lowest BCUT2D eigenvalue weighted by Gasteiger charge is -2.15. The van der Waals surface area contributed by atoms with Gasteiger partial charge in [-0.25, -0.2) is 9.59 Å². The lowest BCUT2D eigenvalue weighted by atomic mass is 9.90. The second-order valence-corrected chi connectivity index (χ2v) is 5.67. The zero-order valence-corrected chi connectivity index (χ0v) is 14.7. The van der Waals surface area contributed by atoms with Gasteiger partial charge in [-0.15, -0.1) is 0 Å². The van der Waals surface area contributed by atoms with Crippen LogP contribution in [0.5, 0.6) is 11.5 Å². The van der Waals surface area contributed by atoms with E-state index in [1.165, 1.54) is 25.1 Å². The number of esters is 2. The number of ether oxygens (including phenoxy) is 2. The number of ketones is 1. The van der Waals surface area contributed by atoms with Crippen LogP contribution in [0, 0.1) is 13.8 Å². The first-order valence-corrected chi connectivity index (χ1v) is 7.60. The van der Waals surface area contributed by atoms with Crippen molar-refractivity contribution >= 4 is 17.7 Å². The van der Waals surface area contributed by atoms with Crippen molar-refractivity contribution in [2.75, 3.05) is 14.2 Å². The van der Waals surface area contributed by atoms with Crippen molar-refractivity contribution in [2.45, 2.75) is 13.8 Å². The van der Waals surface area contributed by atoms with Crippen molar-refractivity contribution in [1.82, 2.24) is 0 Å². The first-order valence-electron chi connectivity index (χ1n) is 7.60. The molecule has 2 aromatic carbocycles. The molecule has 7 heteroatoms. The molecular weight excluding hydrogens is 340 g/mol. The van der Waals surface area contributed by atoms with E-state index in [9.17, 15) is 24.6 Å². The van der Waals surface area contributed by atoms with Gasteiger partial charge in [-0.2, -0.15) is 0 Å². The fourth-order valence-electron chi connectivity index (χ4n) is 2.58. The molecular formula is C19H18O7. The normalized spacial score (nSPS) is 10.3. The van der Waals surface area contributed by atoms with Crippen LogP contribution in [0.2, 0.25) is 0 Å². The Morgan fingerprint density at radius 3 is 2.00 bits per heavy atom. The Hall–Kier alpha value is -3.35. The molecule has 2 rings (SSSR count). The van der Waals surface area contributed by atoms with Crippen molar-refractivity contribution in [3.63, 3.8) is 0 Å². The second kappa shape index (κ2) is 7.26. The number of aryl methyl sites for hydroxylation is 2. The highest BCUT2D eigenvalue weighted by Crippen LogP contribution is 2.33. The number of phenols is 2. The molecule has 7 nitrogen and oxygen atoms in total. The molecule has 0 aliphatic heterocycles. The van der Waals surface area contributed by atoms with Gasteiger partial charge in [-0.3, -0.25) is 4.79 Å². The molecule has 136 valence electrons. The number of carbonyl (C=O) groups is 3. The van der Waals surface area contributed by atoms with Gasteiger partial charge in [0.1, 0.15) is 17.1 Å². The first-order chi connectivity index (χ1) is 12.2. The van der Waals surface area contributed by atoms with Gasteiger partial charge in [0.05, 0.1) is 25.3 Å². The first kappa shape index (κ1) is 19.0. The Morgan fingerprint density at radius 2 is 1.42 bits per heavy atom. The summed E-state index contributed by atoms with van der Waals surface area (Å²) in [6, 6.07) is 5.70. The predicted octanol–water partition coefficient (Wildman–Crippen LogP) is 2.52. The monoisotopic (exact) mass is 358 g/mol. The maximum Gasteiger partial charge on any atom is 0.342 e. The summed E-state index contributed by atoms with van der Waals surface area (Å²) in [7, 11) is 2.16. The maximum absolute atomic E-state index is 13.0. The summed E-state index contributed by atoms with van der Waals surface area (Å²) in [4.78, 5) is 37.4. The number of hydrogen-bond donors (Lipinski definition) is 2. The zero-order valence-electron chi connectivity index (χ0n) is 14.7. The molecule has 0 radical (unpaired) electrons. The summed E-state index contributed by atoms with van der Waals surface area (Å²) >= 11 is 0. The minimum Gasteiger partial charge on any atom is -0.507 e. The summed E-state index contributed by atoms with van der Waals surface area (Å²) in [5.41, 5.74) is -0.212. The van der Waals surface area contributed by atoms with E-state index in [1.807, 2.05) is 0 Å². The molecule has 2 N–H and O–H groups in total. The average Bonchev–Trinajstić information content (AvgIpc) is 2.63. The number of benzene rings is 2. The van der Waals surface area contributed by atoms with Gasteiger partial charge in [-0.1, -0.05) is 11.6 Å². The average molecular weight is 358 g/mol. The van der Waals surface area contributed by atoms with Crippen molar-refractivity contribution in [2.24, 2.45) is 0 Å². The molecule has 0 aliphatic rings. The summed E-state index contributed by atoms with van der Waals surface area (Å²) in [6.45, 7) is 3.20. The molecule has 0 heterocycles. The molecule has 0 aromatic heterocycles. The third-order valence-corrected chi connectivity index (χ3v) is 3.91. The Labute approximate surface area is 149 Å². The highest BCUT2D eigenvalue weighted by atomic mass is 16.5. The minimum absolute atomic E-state index is 0.0453. The van der Waals surface area contributed by atoms with Crippen molar-refractivity contribution < 1.29 is 34.1 Å². The third kappa shape index (κ3) is 3.23.